The molecule has 0 fully saturated rings. The fourth-order valence-electron chi connectivity index (χ4n) is 1.85. The third-order valence-electron chi connectivity index (χ3n) is 2.90. The van der Waals surface area contributed by atoms with Gasteiger partial charge in [-0.25, -0.2) is 8.42 Å². The van der Waals surface area contributed by atoms with Crippen LogP contribution in [0.15, 0.2) is 34.9 Å². The summed E-state index contributed by atoms with van der Waals surface area (Å²) in [6, 6.07) is 8.43. The largest absolute Gasteiger partial charge is 0.360 e. The van der Waals surface area contributed by atoms with Crippen LogP contribution in [-0.2, 0) is 14.8 Å². The molecule has 2 rings (SSSR count). The molecule has 1 aromatic carbocycles. The van der Waals surface area contributed by atoms with Crippen molar-refractivity contribution in [3.63, 3.8) is 0 Å². The summed E-state index contributed by atoms with van der Waals surface area (Å²) >= 11 is 0. The van der Waals surface area contributed by atoms with Gasteiger partial charge in [-0.3, -0.25) is 9.10 Å². The molecule has 0 bridgehead atoms. The second-order valence-electron chi connectivity index (χ2n) is 4.98. The van der Waals surface area contributed by atoms with Crippen LogP contribution in [0, 0.1) is 13.8 Å². The molecule has 0 spiro atoms. The maximum absolute atomic E-state index is 12.0. The molecule has 1 heterocycles. The van der Waals surface area contributed by atoms with E-state index in [-0.39, 0.29) is 12.4 Å². The lowest BCUT2D eigenvalue weighted by molar-refractivity contribution is -0.114. The van der Waals surface area contributed by atoms with Crippen molar-refractivity contribution in [1.82, 2.24) is 5.16 Å². The van der Waals surface area contributed by atoms with Gasteiger partial charge in [0.1, 0.15) is 12.3 Å². The van der Waals surface area contributed by atoms with E-state index in [2.05, 4.69) is 10.5 Å². The molecule has 0 atom stereocenters. The van der Waals surface area contributed by atoms with Gasteiger partial charge in [-0.2, -0.15) is 0 Å². The van der Waals surface area contributed by atoms with Gasteiger partial charge in [-0.15, -0.1) is 0 Å². The van der Waals surface area contributed by atoms with Crippen molar-refractivity contribution in [2.45, 2.75) is 13.8 Å². The molecular weight excluding hydrogens is 306 g/mol. The number of nitrogens with one attached hydrogen (secondary N) is 1. The molecule has 0 saturated carbocycles. The van der Waals surface area contributed by atoms with Gasteiger partial charge in [0, 0.05) is 6.07 Å². The number of hydrogen-bond donors (Lipinski definition) is 1. The summed E-state index contributed by atoms with van der Waals surface area (Å²) < 4.78 is 29.7. The number of carbonyl (C=O) groups excluding carboxylic acids is 1. The summed E-state index contributed by atoms with van der Waals surface area (Å²) in [4.78, 5) is 12.0. The van der Waals surface area contributed by atoms with Crippen LogP contribution in [0.5, 0.6) is 0 Å². The maximum Gasteiger partial charge on any atom is 0.246 e. The van der Waals surface area contributed by atoms with Gasteiger partial charge in [0.05, 0.1) is 11.9 Å². The first-order valence-electron chi connectivity index (χ1n) is 6.53. The molecule has 0 radical (unpaired) electrons. The zero-order valence-electron chi connectivity index (χ0n) is 12.5. The van der Waals surface area contributed by atoms with Crippen LogP contribution in [0.3, 0.4) is 0 Å². The van der Waals surface area contributed by atoms with E-state index in [0.29, 0.717) is 11.4 Å². The molecule has 1 N–H and O–H groups in total. The minimum atomic E-state index is -3.58. The first kappa shape index (κ1) is 16.0. The number of amides is 1. The molecule has 22 heavy (non-hydrogen) atoms. The number of benzene rings is 1. The molecule has 8 heteroatoms. The third kappa shape index (κ3) is 4.08. The van der Waals surface area contributed by atoms with E-state index in [1.54, 1.807) is 37.3 Å². The molecule has 1 amide bonds. The molecule has 0 saturated heterocycles. The first-order valence-corrected chi connectivity index (χ1v) is 8.38. The van der Waals surface area contributed by atoms with E-state index in [1.165, 1.54) is 0 Å². The molecule has 2 aromatic rings. The highest BCUT2D eigenvalue weighted by molar-refractivity contribution is 7.92. The highest BCUT2D eigenvalue weighted by Gasteiger charge is 2.21. The maximum atomic E-state index is 12.0. The summed E-state index contributed by atoms with van der Waals surface area (Å²) in [5.41, 5.74) is 1.43. The average molecular weight is 323 g/mol. The molecule has 0 aliphatic carbocycles. The van der Waals surface area contributed by atoms with Gasteiger partial charge >= 0.3 is 0 Å². The number of aryl methyl sites for hydroxylation is 2. The normalized spacial score (nSPS) is 11.2. The Kier molecular flexibility index (Phi) is 4.51. The van der Waals surface area contributed by atoms with Crippen LogP contribution in [-0.4, -0.2) is 32.3 Å². The highest BCUT2D eigenvalue weighted by atomic mass is 32.2. The lowest BCUT2D eigenvalue weighted by atomic mass is 10.2. The van der Waals surface area contributed by atoms with E-state index in [1.807, 2.05) is 6.92 Å². The Hall–Kier alpha value is -2.35. The molecule has 1 aromatic heterocycles. The van der Waals surface area contributed by atoms with Gasteiger partial charge in [0.25, 0.3) is 0 Å². The highest BCUT2D eigenvalue weighted by Crippen LogP contribution is 2.18. The van der Waals surface area contributed by atoms with E-state index in [0.717, 1.165) is 16.1 Å². The van der Waals surface area contributed by atoms with E-state index >= 15 is 0 Å². The monoisotopic (exact) mass is 323 g/mol. The molecule has 118 valence electrons. The Morgan fingerprint density at radius 1 is 1.27 bits per heavy atom. The van der Waals surface area contributed by atoms with Crippen LogP contribution < -0.4 is 9.62 Å². The molecular formula is C14H17N3O4S. The van der Waals surface area contributed by atoms with Crippen molar-refractivity contribution >= 4 is 27.4 Å². The van der Waals surface area contributed by atoms with Gasteiger partial charge in [0.15, 0.2) is 5.82 Å². The lowest BCUT2D eigenvalue weighted by Gasteiger charge is -2.21. The quantitative estimate of drug-likeness (QED) is 0.904. The van der Waals surface area contributed by atoms with E-state index in [9.17, 15) is 13.2 Å². The molecule has 0 unspecified atom stereocenters. The van der Waals surface area contributed by atoms with E-state index in [4.69, 9.17) is 4.52 Å². The summed E-state index contributed by atoms with van der Waals surface area (Å²) in [7, 11) is -3.58. The van der Waals surface area contributed by atoms with Gasteiger partial charge in [-0.1, -0.05) is 22.9 Å². The predicted molar refractivity (Wildman–Crippen MR) is 83.2 cm³/mol. The minimum Gasteiger partial charge on any atom is -0.360 e. The van der Waals surface area contributed by atoms with Crippen LogP contribution >= 0.6 is 0 Å². The standard InChI is InChI=1S/C14H17N3O4S/c1-10-4-6-12(7-5-10)17(22(3,19)20)9-14(18)15-13-8-11(2)21-16-13/h4-8H,9H2,1-3H3,(H,15,16,18). The second kappa shape index (κ2) is 6.18. The summed E-state index contributed by atoms with van der Waals surface area (Å²) in [6.07, 6.45) is 1.06. The molecule has 0 aliphatic rings. The van der Waals surface area contributed by atoms with Crippen LogP contribution in [0.25, 0.3) is 0 Å². The minimum absolute atomic E-state index is 0.250. The van der Waals surface area contributed by atoms with Crippen molar-refractivity contribution in [2.24, 2.45) is 0 Å². The van der Waals surface area contributed by atoms with Crippen LogP contribution in [0.2, 0.25) is 0 Å². The third-order valence-corrected chi connectivity index (χ3v) is 4.05. The number of carbonyl (C=O) groups is 1. The van der Waals surface area contributed by atoms with Gasteiger partial charge in [-0.05, 0) is 26.0 Å². The average Bonchev–Trinajstić information content (AvgIpc) is 2.81. The van der Waals surface area contributed by atoms with Crippen molar-refractivity contribution < 1.29 is 17.7 Å². The van der Waals surface area contributed by atoms with Crippen molar-refractivity contribution in [2.75, 3.05) is 22.4 Å². The number of rotatable bonds is 5. The van der Waals surface area contributed by atoms with Crippen molar-refractivity contribution in [3.05, 3.63) is 41.7 Å². The summed E-state index contributed by atoms with van der Waals surface area (Å²) in [5, 5.41) is 6.13. The smallest absolute Gasteiger partial charge is 0.246 e. The Morgan fingerprint density at radius 3 is 2.41 bits per heavy atom. The predicted octanol–water partition coefficient (Wildman–Crippen LogP) is 1.70. The van der Waals surface area contributed by atoms with Crippen LogP contribution in [0.4, 0.5) is 11.5 Å². The number of nitrogens with zero attached hydrogens (tertiary/aromatic N) is 2. The Balaban J connectivity index is 2.17. The number of sulfonamides is 1. The number of aromatic nitrogens is 1. The topological polar surface area (TPSA) is 92.5 Å². The lowest BCUT2D eigenvalue weighted by Crippen LogP contribution is -2.37. The van der Waals surface area contributed by atoms with Gasteiger partial charge in [0.2, 0.25) is 15.9 Å². The fourth-order valence-corrected chi connectivity index (χ4v) is 2.71. The zero-order valence-corrected chi connectivity index (χ0v) is 13.3. The Labute approximate surface area is 129 Å². The van der Waals surface area contributed by atoms with Crippen molar-refractivity contribution in [3.8, 4) is 0 Å². The molecule has 0 aliphatic heterocycles. The van der Waals surface area contributed by atoms with Crippen LogP contribution in [0.1, 0.15) is 11.3 Å². The Bertz CT molecular complexity index is 766. The van der Waals surface area contributed by atoms with Gasteiger partial charge < -0.3 is 9.84 Å². The Morgan fingerprint density at radius 2 is 1.91 bits per heavy atom. The zero-order chi connectivity index (χ0) is 16.3. The first-order chi connectivity index (χ1) is 10.3. The summed E-state index contributed by atoms with van der Waals surface area (Å²) in [5.74, 6) is 0.299. The van der Waals surface area contributed by atoms with E-state index < -0.39 is 15.9 Å². The number of anilines is 2. The fraction of sp³-hybridized carbons (Fsp3) is 0.286. The second-order valence-corrected chi connectivity index (χ2v) is 6.88. The SMILES string of the molecule is Cc1ccc(N(CC(=O)Nc2cc(C)on2)S(C)(=O)=O)cc1. The number of hydrogen-bond acceptors (Lipinski definition) is 5. The van der Waals surface area contributed by atoms with Crippen molar-refractivity contribution in [1.29, 1.82) is 0 Å². The summed E-state index contributed by atoms with van der Waals surface area (Å²) in [6.45, 7) is 3.25. The molecule has 7 nitrogen and oxygen atoms in total.